The van der Waals surface area contributed by atoms with Gasteiger partial charge >= 0.3 is 0 Å². The molecule has 0 bridgehead atoms. The van der Waals surface area contributed by atoms with Crippen molar-refractivity contribution < 1.29 is 15.3 Å². The lowest BCUT2D eigenvalue weighted by molar-refractivity contribution is -0.166. The van der Waals surface area contributed by atoms with Crippen molar-refractivity contribution in [1.82, 2.24) is 4.90 Å². The number of hydrogen-bond donors (Lipinski definition) is 3. The summed E-state index contributed by atoms with van der Waals surface area (Å²) in [6.07, 6.45) is 0.773. The summed E-state index contributed by atoms with van der Waals surface area (Å²) in [6, 6.07) is 0. The van der Waals surface area contributed by atoms with Crippen molar-refractivity contribution in [2.75, 3.05) is 13.1 Å². The van der Waals surface area contributed by atoms with E-state index in [1.807, 2.05) is 0 Å². The van der Waals surface area contributed by atoms with Gasteiger partial charge in [-0.2, -0.15) is 0 Å². The Labute approximate surface area is 71.4 Å². The molecule has 0 aromatic carbocycles. The van der Waals surface area contributed by atoms with Gasteiger partial charge in [0, 0.05) is 13.1 Å². The second-order valence-corrected chi connectivity index (χ2v) is 3.79. The Morgan fingerprint density at radius 2 is 2.00 bits per heavy atom. The van der Waals surface area contributed by atoms with E-state index in [0.717, 1.165) is 19.4 Å². The molecule has 0 spiro atoms. The second-order valence-electron chi connectivity index (χ2n) is 3.79. The molecule has 12 heavy (non-hydrogen) atoms. The lowest BCUT2D eigenvalue weighted by atomic mass is 9.96. The number of hydrogen-bond acceptors (Lipinski definition) is 4. The molecule has 1 unspecified atom stereocenters. The van der Waals surface area contributed by atoms with Crippen LogP contribution < -0.4 is 0 Å². The third-order valence-corrected chi connectivity index (χ3v) is 3.02. The van der Waals surface area contributed by atoms with E-state index in [1.54, 1.807) is 4.90 Å². The lowest BCUT2D eigenvalue weighted by Crippen LogP contribution is -2.53. The first-order chi connectivity index (χ1) is 5.64. The van der Waals surface area contributed by atoms with E-state index in [4.69, 9.17) is 0 Å². The Morgan fingerprint density at radius 1 is 1.25 bits per heavy atom. The fourth-order valence-electron chi connectivity index (χ4n) is 2.26. The van der Waals surface area contributed by atoms with Gasteiger partial charge in [-0.25, -0.2) is 0 Å². The summed E-state index contributed by atoms with van der Waals surface area (Å²) in [4.78, 5) is 1.78. The average Bonchev–Trinajstić information content (AvgIpc) is 2.28. The SMILES string of the molecule is O[C@@H]1CN2CCCCC2(O)[C@@H]1O. The molecule has 3 N–H and O–H groups in total. The van der Waals surface area contributed by atoms with Gasteiger partial charge in [-0.15, -0.1) is 0 Å². The molecule has 2 aliphatic heterocycles. The van der Waals surface area contributed by atoms with Gasteiger partial charge in [0.1, 0.15) is 11.8 Å². The molecular formula is C8H15NO3. The van der Waals surface area contributed by atoms with Crippen molar-refractivity contribution in [3.63, 3.8) is 0 Å². The van der Waals surface area contributed by atoms with Crippen LogP contribution in [-0.4, -0.2) is 51.2 Å². The molecular weight excluding hydrogens is 158 g/mol. The Kier molecular flexibility index (Phi) is 1.88. The normalized spacial score (nSPS) is 49.2. The molecule has 4 heteroatoms. The van der Waals surface area contributed by atoms with Crippen LogP contribution in [0.3, 0.4) is 0 Å². The van der Waals surface area contributed by atoms with E-state index in [2.05, 4.69) is 0 Å². The second kappa shape index (κ2) is 2.67. The molecule has 2 rings (SSSR count). The summed E-state index contributed by atoms with van der Waals surface area (Å²) in [5.74, 6) is 0. The Bertz CT molecular complexity index is 187. The minimum atomic E-state index is -1.14. The van der Waals surface area contributed by atoms with Gasteiger partial charge in [0.25, 0.3) is 0 Å². The summed E-state index contributed by atoms with van der Waals surface area (Å²) < 4.78 is 0. The summed E-state index contributed by atoms with van der Waals surface area (Å²) in [5.41, 5.74) is -1.14. The van der Waals surface area contributed by atoms with Gasteiger partial charge in [0.15, 0.2) is 0 Å². The number of rotatable bonds is 0. The van der Waals surface area contributed by atoms with Crippen molar-refractivity contribution in [3.05, 3.63) is 0 Å². The van der Waals surface area contributed by atoms with Gasteiger partial charge in [-0.1, -0.05) is 0 Å². The van der Waals surface area contributed by atoms with E-state index >= 15 is 0 Å². The van der Waals surface area contributed by atoms with Crippen LogP contribution in [0.5, 0.6) is 0 Å². The monoisotopic (exact) mass is 173 g/mol. The lowest BCUT2D eigenvalue weighted by Gasteiger charge is -2.39. The molecule has 0 amide bonds. The number of aliphatic hydroxyl groups is 3. The molecule has 3 atom stereocenters. The zero-order chi connectivity index (χ0) is 8.77. The van der Waals surface area contributed by atoms with Crippen LogP contribution in [0.4, 0.5) is 0 Å². The van der Waals surface area contributed by atoms with Gasteiger partial charge in [-0.3, -0.25) is 4.90 Å². The van der Waals surface area contributed by atoms with Crippen LogP contribution in [0, 0.1) is 0 Å². The Balaban J connectivity index is 2.20. The van der Waals surface area contributed by atoms with Crippen LogP contribution in [0.25, 0.3) is 0 Å². The molecule has 2 fully saturated rings. The maximum Gasteiger partial charge on any atom is 0.147 e. The summed E-state index contributed by atoms with van der Waals surface area (Å²) in [6.45, 7) is 1.18. The van der Waals surface area contributed by atoms with Crippen LogP contribution in [-0.2, 0) is 0 Å². The first-order valence-electron chi connectivity index (χ1n) is 4.48. The van der Waals surface area contributed by atoms with Crippen LogP contribution in [0.15, 0.2) is 0 Å². The van der Waals surface area contributed by atoms with Crippen LogP contribution >= 0.6 is 0 Å². The first kappa shape index (κ1) is 8.44. The molecule has 2 heterocycles. The number of nitrogens with zero attached hydrogens (tertiary/aromatic N) is 1. The fourth-order valence-corrected chi connectivity index (χ4v) is 2.26. The summed E-state index contributed by atoms with van der Waals surface area (Å²) in [7, 11) is 0. The largest absolute Gasteiger partial charge is 0.389 e. The zero-order valence-electron chi connectivity index (χ0n) is 6.98. The van der Waals surface area contributed by atoms with E-state index in [-0.39, 0.29) is 0 Å². The van der Waals surface area contributed by atoms with Crippen molar-refractivity contribution in [2.45, 2.75) is 37.2 Å². The predicted molar refractivity (Wildman–Crippen MR) is 42.4 cm³/mol. The van der Waals surface area contributed by atoms with E-state index in [9.17, 15) is 15.3 Å². The summed E-state index contributed by atoms with van der Waals surface area (Å²) in [5, 5.41) is 28.8. The quantitative estimate of drug-likeness (QED) is 0.435. The van der Waals surface area contributed by atoms with Crippen molar-refractivity contribution in [1.29, 1.82) is 0 Å². The molecule has 4 nitrogen and oxygen atoms in total. The maximum atomic E-state index is 9.97. The highest BCUT2D eigenvalue weighted by atomic mass is 16.4. The molecule has 2 saturated heterocycles. The zero-order valence-corrected chi connectivity index (χ0v) is 6.98. The minimum Gasteiger partial charge on any atom is -0.389 e. The van der Waals surface area contributed by atoms with E-state index < -0.39 is 17.9 Å². The van der Waals surface area contributed by atoms with Gasteiger partial charge in [0.05, 0.1) is 6.10 Å². The van der Waals surface area contributed by atoms with Crippen molar-refractivity contribution in [2.24, 2.45) is 0 Å². The molecule has 0 aromatic heterocycles. The fraction of sp³-hybridized carbons (Fsp3) is 1.00. The highest BCUT2D eigenvalue weighted by molar-refractivity contribution is 5.00. The summed E-state index contributed by atoms with van der Waals surface area (Å²) >= 11 is 0. The molecule has 0 radical (unpaired) electrons. The Hall–Kier alpha value is -0.160. The van der Waals surface area contributed by atoms with Gasteiger partial charge < -0.3 is 15.3 Å². The molecule has 2 aliphatic rings. The third kappa shape index (κ3) is 0.992. The van der Waals surface area contributed by atoms with E-state index in [1.165, 1.54) is 0 Å². The van der Waals surface area contributed by atoms with Gasteiger partial charge in [-0.05, 0) is 19.3 Å². The Morgan fingerprint density at radius 3 is 2.67 bits per heavy atom. The van der Waals surface area contributed by atoms with Crippen molar-refractivity contribution >= 4 is 0 Å². The number of piperidine rings is 1. The van der Waals surface area contributed by atoms with E-state index in [0.29, 0.717) is 13.0 Å². The van der Waals surface area contributed by atoms with Crippen molar-refractivity contribution in [3.8, 4) is 0 Å². The predicted octanol–water partition coefficient (Wildman–Crippen LogP) is -1.10. The third-order valence-electron chi connectivity index (χ3n) is 3.02. The van der Waals surface area contributed by atoms with Gasteiger partial charge in [0.2, 0.25) is 0 Å². The van der Waals surface area contributed by atoms with Crippen LogP contribution in [0.2, 0.25) is 0 Å². The topological polar surface area (TPSA) is 63.9 Å². The molecule has 0 aromatic rings. The highest BCUT2D eigenvalue weighted by Gasteiger charge is 2.52. The number of fused-ring (bicyclic) bond motifs is 1. The average molecular weight is 173 g/mol. The molecule has 0 saturated carbocycles. The molecule has 70 valence electrons. The standard InChI is InChI=1S/C8H15NO3/c10-6-5-9-4-2-1-3-8(9,12)7(6)11/h6-7,10-12H,1-5H2/t6-,7-,8?/m1/s1. The smallest absolute Gasteiger partial charge is 0.147 e. The number of aliphatic hydroxyl groups excluding tert-OH is 2. The van der Waals surface area contributed by atoms with Crippen LogP contribution in [0.1, 0.15) is 19.3 Å². The highest BCUT2D eigenvalue weighted by Crippen LogP contribution is 2.35. The molecule has 0 aliphatic carbocycles. The maximum absolute atomic E-state index is 9.97. The minimum absolute atomic E-state index is 0.400. The first-order valence-corrected chi connectivity index (χ1v) is 4.48.